The van der Waals surface area contributed by atoms with Crippen LogP contribution in [0.2, 0.25) is 0 Å². The van der Waals surface area contributed by atoms with Gasteiger partial charge in [-0.1, -0.05) is 30.3 Å². The molecule has 0 saturated carbocycles. The van der Waals surface area contributed by atoms with Crippen LogP contribution in [0.4, 0.5) is 0 Å². The van der Waals surface area contributed by atoms with Gasteiger partial charge in [-0.2, -0.15) is 0 Å². The van der Waals surface area contributed by atoms with Crippen molar-refractivity contribution in [1.29, 1.82) is 0 Å². The number of benzene rings is 1. The predicted molar refractivity (Wildman–Crippen MR) is 85.1 cm³/mol. The van der Waals surface area contributed by atoms with Gasteiger partial charge in [0, 0.05) is 14.2 Å². The lowest BCUT2D eigenvalue weighted by molar-refractivity contribution is -0.251. The highest BCUT2D eigenvalue weighted by molar-refractivity contribution is 5.13. The zero-order valence-corrected chi connectivity index (χ0v) is 14.3. The van der Waals surface area contributed by atoms with Crippen LogP contribution < -0.4 is 0 Å². The average molecular weight is 342 g/mol. The Morgan fingerprint density at radius 2 is 1.88 bits per heavy atom. The molecule has 1 saturated heterocycles. The van der Waals surface area contributed by atoms with Crippen molar-refractivity contribution < 1.29 is 33.9 Å². The summed E-state index contributed by atoms with van der Waals surface area (Å²) in [5.74, 6) is 0. The zero-order chi connectivity index (χ0) is 17.6. The first-order valence-electron chi connectivity index (χ1n) is 7.84. The number of ether oxygens (including phenoxy) is 5. The molecule has 1 unspecified atom stereocenters. The molecule has 1 aliphatic heterocycles. The Bertz CT molecular complexity index is 479. The van der Waals surface area contributed by atoms with Gasteiger partial charge in [0.15, 0.2) is 0 Å². The fraction of sp³-hybridized carbons (Fsp3) is 0.647. The van der Waals surface area contributed by atoms with Crippen molar-refractivity contribution in [1.82, 2.24) is 0 Å². The standard InChI is InChI=1S/C17H26O7/c1-17(13(19)11-22-10-12-7-5-4-6-8-12)14(9-18)23-16(24-17)15(20-2)21-3/h4-8,13-16,18-19H,9-11H2,1-3H3/t13-,14-,16?,17+/m0/s1. The Kier molecular flexibility index (Phi) is 7.12. The van der Waals surface area contributed by atoms with Crippen LogP contribution in [0.3, 0.4) is 0 Å². The molecule has 1 fully saturated rings. The summed E-state index contributed by atoms with van der Waals surface area (Å²) in [6, 6.07) is 9.66. The van der Waals surface area contributed by atoms with Crippen LogP contribution in [0.25, 0.3) is 0 Å². The SMILES string of the molecule is COC(OC)C1O[C@@H](CO)[C@@](C)([C@@H](O)COCc2ccccc2)O1. The average Bonchev–Trinajstić information content (AvgIpc) is 2.95. The Hall–Kier alpha value is -1.06. The monoisotopic (exact) mass is 342 g/mol. The van der Waals surface area contributed by atoms with E-state index in [1.807, 2.05) is 30.3 Å². The molecule has 2 N–H and O–H groups in total. The van der Waals surface area contributed by atoms with Crippen LogP contribution in [0.1, 0.15) is 12.5 Å². The second-order valence-electron chi connectivity index (χ2n) is 5.83. The van der Waals surface area contributed by atoms with E-state index in [0.29, 0.717) is 6.61 Å². The van der Waals surface area contributed by atoms with Gasteiger partial charge in [-0.25, -0.2) is 0 Å². The first-order valence-corrected chi connectivity index (χ1v) is 7.84. The molecule has 136 valence electrons. The number of hydrogen-bond acceptors (Lipinski definition) is 7. The largest absolute Gasteiger partial charge is 0.394 e. The third-order valence-corrected chi connectivity index (χ3v) is 4.21. The molecule has 0 spiro atoms. The van der Waals surface area contributed by atoms with Gasteiger partial charge in [0.05, 0.1) is 19.8 Å². The molecule has 0 bridgehead atoms. The van der Waals surface area contributed by atoms with Crippen molar-refractivity contribution in [2.24, 2.45) is 0 Å². The lowest BCUT2D eigenvalue weighted by atomic mass is 9.93. The maximum atomic E-state index is 10.5. The van der Waals surface area contributed by atoms with Gasteiger partial charge in [0.25, 0.3) is 0 Å². The molecular weight excluding hydrogens is 316 g/mol. The molecule has 0 aliphatic carbocycles. The minimum absolute atomic E-state index is 0.0443. The summed E-state index contributed by atoms with van der Waals surface area (Å²) in [5.41, 5.74) is -0.125. The fourth-order valence-corrected chi connectivity index (χ4v) is 2.63. The number of aliphatic hydroxyl groups excluding tert-OH is 2. The van der Waals surface area contributed by atoms with Crippen LogP contribution in [-0.2, 0) is 30.3 Å². The van der Waals surface area contributed by atoms with Crippen molar-refractivity contribution in [2.75, 3.05) is 27.4 Å². The van der Waals surface area contributed by atoms with Gasteiger partial charge < -0.3 is 33.9 Å². The summed E-state index contributed by atoms with van der Waals surface area (Å²) in [7, 11) is 2.92. The number of hydrogen-bond donors (Lipinski definition) is 2. The van der Waals surface area contributed by atoms with Crippen LogP contribution in [0.15, 0.2) is 30.3 Å². The second kappa shape index (κ2) is 8.87. The lowest BCUT2D eigenvalue weighted by Gasteiger charge is -2.32. The summed E-state index contributed by atoms with van der Waals surface area (Å²) < 4.78 is 27.2. The van der Waals surface area contributed by atoms with Gasteiger partial charge >= 0.3 is 0 Å². The summed E-state index contributed by atoms with van der Waals surface area (Å²) in [6.07, 6.45) is -3.30. The minimum atomic E-state index is -1.13. The molecule has 7 nitrogen and oxygen atoms in total. The van der Waals surface area contributed by atoms with Crippen LogP contribution in [0.5, 0.6) is 0 Å². The topological polar surface area (TPSA) is 86.6 Å². The molecule has 1 aromatic rings. The molecule has 4 atom stereocenters. The molecule has 0 aromatic heterocycles. The van der Waals surface area contributed by atoms with Crippen LogP contribution in [-0.4, -0.2) is 68.0 Å². The Labute approximate surface area is 142 Å². The third kappa shape index (κ3) is 4.31. The van der Waals surface area contributed by atoms with E-state index < -0.39 is 30.4 Å². The van der Waals surface area contributed by atoms with E-state index in [1.54, 1.807) is 6.92 Å². The first kappa shape index (κ1) is 19.3. The minimum Gasteiger partial charge on any atom is -0.394 e. The van der Waals surface area contributed by atoms with Crippen molar-refractivity contribution >= 4 is 0 Å². The molecule has 2 rings (SSSR count). The van der Waals surface area contributed by atoms with Crippen molar-refractivity contribution in [3.63, 3.8) is 0 Å². The normalized spacial score (nSPS) is 28.4. The second-order valence-corrected chi connectivity index (χ2v) is 5.83. The molecule has 1 aromatic carbocycles. The summed E-state index contributed by atoms with van der Waals surface area (Å²) >= 11 is 0. The molecule has 7 heteroatoms. The van der Waals surface area contributed by atoms with Crippen molar-refractivity contribution in [2.45, 2.75) is 43.9 Å². The van der Waals surface area contributed by atoms with Gasteiger partial charge in [-0.15, -0.1) is 0 Å². The summed E-state index contributed by atoms with van der Waals surface area (Å²) in [6.45, 7) is 1.79. The highest BCUT2D eigenvalue weighted by Gasteiger charge is 2.53. The summed E-state index contributed by atoms with van der Waals surface area (Å²) in [5, 5.41) is 20.1. The van der Waals surface area contributed by atoms with E-state index in [4.69, 9.17) is 23.7 Å². The Morgan fingerprint density at radius 3 is 2.46 bits per heavy atom. The molecule has 24 heavy (non-hydrogen) atoms. The Balaban J connectivity index is 1.94. The van der Waals surface area contributed by atoms with Gasteiger partial charge in [0.2, 0.25) is 12.6 Å². The maximum absolute atomic E-state index is 10.5. The fourth-order valence-electron chi connectivity index (χ4n) is 2.63. The van der Waals surface area contributed by atoms with Gasteiger partial charge in [-0.05, 0) is 12.5 Å². The quantitative estimate of drug-likeness (QED) is 0.638. The smallest absolute Gasteiger partial charge is 0.210 e. The molecule has 1 heterocycles. The van der Waals surface area contributed by atoms with Crippen molar-refractivity contribution in [3.05, 3.63) is 35.9 Å². The maximum Gasteiger partial charge on any atom is 0.210 e. The van der Waals surface area contributed by atoms with Gasteiger partial charge in [-0.3, -0.25) is 0 Å². The van der Waals surface area contributed by atoms with Crippen molar-refractivity contribution in [3.8, 4) is 0 Å². The van der Waals surface area contributed by atoms with E-state index in [1.165, 1.54) is 14.2 Å². The first-order chi connectivity index (χ1) is 11.5. The van der Waals surface area contributed by atoms with E-state index in [9.17, 15) is 10.2 Å². The lowest BCUT2D eigenvalue weighted by Crippen LogP contribution is -2.51. The van der Waals surface area contributed by atoms with E-state index in [-0.39, 0.29) is 13.2 Å². The molecule has 1 aliphatic rings. The predicted octanol–water partition coefficient (Wildman–Crippen LogP) is 0.675. The zero-order valence-electron chi connectivity index (χ0n) is 14.3. The van der Waals surface area contributed by atoms with Crippen LogP contribution >= 0.6 is 0 Å². The molecule has 0 amide bonds. The number of rotatable bonds is 9. The highest BCUT2D eigenvalue weighted by atomic mass is 16.8. The number of aliphatic hydroxyl groups is 2. The van der Waals surface area contributed by atoms with E-state index in [2.05, 4.69) is 0 Å². The van der Waals surface area contributed by atoms with E-state index in [0.717, 1.165) is 5.56 Å². The summed E-state index contributed by atoms with van der Waals surface area (Å²) in [4.78, 5) is 0. The molecule has 0 radical (unpaired) electrons. The van der Waals surface area contributed by atoms with Gasteiger partial charge in [0.1, 0.15) is 17.8 Å². The highest BCUT2D eigenvalue weighted by Crippen LogP contribution is 2.35. The van der Waals surface area contributed by atoms with Crippen LogP contribution in [0, 0.1) is 0 Å². The number of methoxy groups -OCH3 is 2. The Morgan fingerprint density at radius 1 is 1.21 bits per heavy atom. The third-order valence-electron chi connectivity index (χ3n) is 4.21. The molecular formula is C17H26O7. The van der Waals surface area contributed by atoms with E-state index >= 15 is 0 Å².